The van der Waals surface area contributed by atoms with Crippen LogP contribution in [0.25, 0.3) is 17.3 Å². The first-order chi connectivity index (χ1) is 16.7. The molecule has 2 aromatic rings. The second-order valence-electron chi connectivity index (χ2n) is 9.67. The van der Waals surface area contributed by atoms with Crippen molar-refractivity contribution in [3.05, 3.63) is 71.5 Å². The normalized spacial score (nSPS) is 19.2. The Labute approximate surface area is 209 Å². The number of hydrogen-bond acceptors (Lipinski definition) is 5. The van der Waals surface area contributed by atoms with Gasteiger partial charge >= 0.3 is 0 Å². The van der Waals surface area contributed by atoms with Gasteiger partial charge in [0.15, 0.2) is 0 Å². The number of hydrazone groups is 1. The molecule has 5 nitrogen and oxygen atoms in total. The Hall–Kier alpha value is -3.28. The van der Waals surface area contributed by atoms with Crippen molar-refractivity contribution in [3.63, 3.8) is 0 Å². The zero-order valence-electron chi connectivity index (χ0n) is 21.8. The lowest BCUT2D eigenvalue weighted by atomic mass is 9.79. The molecule has 0 aliphatic heterocycles. The monoisotopic (exact) mass is 475 g/mol. The van der Waals surface area contributed by atoms with Crippen molar-refractivity contribution in [2.24, 2.45) is 16.9 Å². The maximum absolute atomic E-state index is 13.7. The third-order valence-corrected chi connectivity index (χ3v) is 6.22. The Kier molecular flexibility index (Phi) is 8.96. The topological polar surface area (TPSA) is 53.4 Å². The van der Waals surface area contributed by atoms with E-state index >= 15 is 0 Å². The van der Waals surface area contributed by atoms with Gasteiger partial charge in [0.1, 0.15) is 11.6 Å². The molecule has 0 radical (unpaired) electrons. The van der Waals surface area contributed by atoms with E-state index in [-0.39, 0.29) is 11.7 Å². The molecule has 1 saturated carbocycles. The van der Waals surface area contributed by atoms with Crippen molar-refractivity contribution >= 4 is 18.2 Å². The lowest BCUT2D eigenvalue weighted by Crippen LogP contribution is -2.19. The largest absolute Gasteiger partial charge is 0.309 e. The van der Waals surface area contributed by atoms with E-state index in [0.717, 1.165) is 47.6 Å². The molecule has 1 heterocycles. The van der Waals surface area contributed by atoms with Crippen molar-refractivity contribution in [2.45, 2.75) is 59.8 Å². The van der Waals surface area contributed by atoms with E-state index in [4.69, 9.17) is 9.97 Å². The number of anilines is 1. The minimum Gasteiger partial charge on any atom is -0.309 e. The lowest BCUT2D eigenvalue weighted by Gasteiger charge is -2.26. The molecule has 186 valence electrons. The molecule has 0 spiro atoms. The van der Waals surface area contributed by atoms with Crippen LogP contribution in [0.4, 0.5) is 10.3 Å². The Balaban J connectivity index is 2.11. The van der Waals surface area contributed by atoms with E-state index in [1.807, 2.05) is 27.0 Å². The van der Waals surface area contributed by atoms with E-state index in [2.05, 4.69) is 49.9 Å². The standard InChI is InChI=1S/C29H38FN5/c1-8-26(35(7)31-9-2)32-29-33-27(19(3)4)25(15-10-22-17-20(5)16-21(6)18-22)28(34-29)23-11-13-24(30)14-12-23/h8-15,19,21-22H,5,16-18H2,1-4,6-7H3,(H,32,33,34)/b15-10+,26-8-,31-9-. The third-order valence-electron chi connectivity index (χ3n) is 6.22. The minimum atomic E-state index is -0.271. The second kappa shape index (κ2) is 11.9. The van der Waals surface area contributed by atoms with Crippen molar-refractivity contribution in [2.75, 3.05) is 12.4 Å². The molecule has 2 atom stereocenters. The molecular weight excluding hydrogens is 437 g/mol. The van der Waals surface area contributed by atoms with Crippen LogP contribution in [0.5, 0.6) is 0 Å². The Morgan fingerprint density at radius 1 is 1.20 bits per heavy atom. The second-order valence-corrected chi connectivity index (χ2v) is 9.67. The van der Waals surface area contributed by atoms with Crippen LogP contribution in [0.15, 0.2) is 59.5 Å². The highest BCUT2D eigenvalue weighted by Gasteiger charge is 2.21. The summed E-state index contributed by atoms with van der Waals surface area (Å²) >= 11 is 0. The lowest BCUT2D eigenvalue weighted by molar-refractivity contribution is 0.388. The summed E-state index contributed by atoms with van der Waals surface area (Å²) in [6.45, 7) is 14.6. The van der Waals surface area contributed by atoms with Gasteiger partial charge in [-0.2, -0.15) is 5.10 Å². The summed E-state index contributed by atoms with van der Waals surface area (Å²) in [6.07, 6.45) is 11.4. The van der Waals surface area contributed by atoms with Gasteiger partial charge in [-0.25, -0.2) is 14.4 Å². The van der Waals surface area contributed by atoms with E-state index in [9.17, 15) is 4.39 Å². The molecular formula is C29H38FN5. The first-order valence-corrected chi connectivity index (χ1v) is 12.4. The van der Waals surface area contributed by atoms with Crippen LogP contribution in [0.1, 0.15) is 71.1 Å². The molecule has 0 bridgehead atoms. The highest BCUT2D eigenvalue weighted by molar-refractivity contribution is 5.75. The molecule has 3 rings (SSSR count). The number of halogens is 1. The van der Waals surface area contributed by atoms with Gasteiger partial charge in [-0.15, -0.1) is 0 Å². The van der Waals surface area contributed by atoms with Gasteiger partial charge in [-0.1, -0.05) is 45.1 Å². The van der Waals surface area contributed by atoms with Crippen LogP contribution in [0.2, 0.25) is 0 Å². The van der Waals surface area contributed by atoms with E-state index in [0.29, 0.717) is 17.8 Å². The quantitative estimate of drug-likeness (QED) is 0.242. The molecule has 1 fully saturated rings. The molecule has 1 aliphatic rings. The first kappa shape index (κ1) is 26.3. The molecule has 1 aliphatic carbocycles. The molecule has 6 heteroatoms. The highest BCUT2D eigenvalue weighted by Crippen LogP contribution is 2.35. The average molecular weight is 476 g/mol. The predicted octanol–water partition coefficient (Wildman–Crippen LogP) is 7.62. The van der Waals surface area contributed by atoms with Crippen LogP contribution in [0.3, 0.4) is 0 Å². The summed E-state index contributed by atoms with van der Waals surface area (Å²) in [5.41, 5.74) is 4.86. The number of nitrogens with one attached hydrogen (secondary N) is 1. The summed E-state index contributed by atoms with van der Waals surface area (Å²) in [5, 5.41) is 9.37. The Morgan fingerprint density at radius 3 is 2.51 bits per heavy atom. The Bertz CT molecular complexity index is 1110. The molecule has 1 N–H and O–H groups in total. The Morgan fingerprint density at radius 2 is 1.91 bits per heavy atom. The van der Waals surface area contributed by atoms with Crippen LogP contribution < -0.4 is 5.32 Å². The number of hydrogen-bond donors (Lipinski definition) is 1. The number of rotatable bonds is 8. The van der Waals surface area contributed by atoms with Gasteiger partial charge in [-0.05, 0) is 81.2 Å². The zero-order chi connectivity index (χ0) is 25.5. The molecule has 0 saturated heterocycles. The summed E-state index contributed by atoms with van der Waals surface area (Å²) in [7, 11) is 1.86. The maximum Gasteiger partial charge on any atom is 0.229 e. The SMILES string of the molecule is C=C1CC(C)CC(/C=C/c2c(-c3ccc(F)cc3)nc(N/C(=C/C)N(C)/N=C\C)nc2C(C)C)C1. The van der Waals surface area contributed by atoms with Crippen LogP contribution in [-0.4, -0.2) is 28.2 Å². The van der Waals surface area contributed by atoms with Gasteiger partial charge in [0.2, 0.25) is 5.95 Å². The zero-order valence-corrected chi connectivity index (χ0v) is 21.8. The number of aromatic nitrogens is 2. The summed E-state index contributed by atoms with van der Waals surface area (Å²) < 4.78 is 13.7. The third kappa shape index (κ3) is 6.87. The van der Waals surface area contributed by atoms with Crippen LogP contribution >= 0.6 is 0 Å². The van der Waals surface area contributed by atoms with Gasteiger partial charge in [0.25, 0.3) is 0 Å². The fraction of sp³-hybridized carbons (Fsp3) is 0.414. The number of benzene rings is 1. The van der Waals surface area contributed by atoms with Crippen molar-refractivity contribution < 1.29 is 4.39 Å². The number of nitrogens with zero attached hydrogens (tertiary/aromatic N) is 4. The minimum absolute atomic E-state index is 0.165. The average Bonchev–Trinajstić information content (AvgIpc) is 2.81. The van der Waals surface area contributed by atoms with Gasteiger partial charge in [0.05, 0.1) is 11.4 Å². The fourth-order valence-electron chi connectivity index (χ4n) is 4.67. The molecule has 2 unspecified atom stereocenters. The first-order valence-electron chi connectivity index (χ1n) is 12.4. The summed E-state index contributed by atoms with van der Waals surface area (Å²) in [5.74, 6) is 2.22. The molecule has 0 amide bonds. The number of allylic oxidation sites excluding steroid dienone is 3. The van der Waals surface area contributed by atoms with E-state index < -0.39 is 0 Å². The molecule has 1 aromatic heterocycles. The van der Waals surface area contributed by atoms with Crippen LogP contribution in [-0.2, 0) is 0 Å². The molecule has 1 aromatic carbocycles. The summed E-state index contributed by atoms with van der Waals surface area (Å²) in [6, 6.07) is 6.50. The van der Waals surface area contributed by atoms with Crippen molar-refractivity contribution in [3.8, 4) is 11.3 Å². The van der Waals surface area contributed by atoms with Crippen molar-refractivity contribution in [1.82, 2.24) is 15.0 Å². The summed E-state index contributed by atoms with van der Waals surface area (Å²) in [4.78, 5) is 9.82. The smallest absolute Gasteiger partial charge is 0.229 e. The van der Waals surface area contributed by atoms with E-state index in [1.54, 1.807) is 23.4 Å². The van der Waals surface area contributed by atoms with Gasteiger partial charge in [0, 0.05) is 24.4 Å². The van der Waals surface area contributed by atoms with E-state index in [1.165, 1.54) is 17.7 Å². The van der Waals surface area contributed by atoms with Gasteiger partial charge < -0.3 is 5.32 Å². The van der Waals surface area contributed by atoms with Gasteiger partial charge in [-0.3, -0.25) is 5.01 Å². The van der Waals surface area contributed by atoms with Crippen LogP contribution in [0, 0.1) is 17.7 Å². The van der Waals surface area contributed by atoms with Crippen molar-refractivity contribution in [1.29, 1.82) is 0 Å². The molecule has 35 heavy (non-hydrogen) atoms. The predicted molar refractivity (Wildman–Crippen MR) is 146 cm³/mol. The highest BCUT2D eigenvalue weighted by atomic mass is 19.1. The maximum atomic E-state index is 13.7. The fourth-order valence-corrected chi connectivity index (χ4v) is 4.67.